The lowest BCUT2D eigenvalue weighted by molar-refractivity contribution is 0.891. The molecule has 0 aliphatic carbocycles. The van der Waals surface area contributed by atoms with Gasteiger partial charge in [0, 0.05) is 6.04 Å². The molecule has 0 aliphatic heterocycles. The van der Waals surface area contributed by atoms with Crippen LogP contribution in [0.3, 0.4) is 0 Å². The normalized spacial score (nSPS) is 11.0. The van der Waals surface area contributed by atoms with Crippen molar-refractivity contribution in [3.63, 3.8) is 0 Å². The van der Waals surface area contributed by atoms with Crippen LogP contribution in [-0.2, 0) is 0 Å². The van der Waals surface area contributed by atoms with Crippen molar-refractivity contribution in [3.8, 4) is 0 Å². The average molecular weight is 193 g/mol. The van der Waals surface area contributed by atoms with Crippen LogP contribution >= 0.6 is 11.3 Å². The Morgan fingerprint density at radius 3 is 3.00 bits per heavy atom. The lowest BCUT2D eigenvalue weighted by Gasteiger charge is -2.07. The maximum absolute atomic E-state index is 4.42. The zero-order valence-corrected chi connectivity index (χ0v) is 8.43. The molecule has 3 nitrogen and oxygen atoms in total. The molecule has 0 radical (unpaired) electrons. The Kier molecular flexibility index (Phi) is 2.14. The Morgan fingerprint density at radius 1 is 1.38 bits per heavy atom. The summed E-state index contributed by atoms with van der Waals surface area (Å²) in [4.78, 5) is 9.58. The summed E-state index contributed by atoms with van der Waals surface area (Å²) in [6, 6.07) is 4.36. The molecule has 1 N–H and O–H groups in total. The third-order valence-electron chi connectivity index (χ3n) is 1.63. The van der Waals surface area contributed by atoms with Gasteiger partial charge in [0.25, 0.3) is 0 Å². The van der Waals surface area contributed by atoms with Crippen LogP contribution in [0.2, 0.25) is 0 Å². The second kappa shape index (κ2) is 3.30. The average Bonchev–Trinajstić information content (AvgIpc) is 2.49. The third kappa shape index (κ3) is 1.78. The number of nitrogens with zero attached hydrogens (tertiary/aromatic N) is 2. The Bertz CT molecular complexity index is 408. The molecule has 2 rings (SSSR count). The van der Waals surface area contributed by atoms with E-state index < -0.39 is 0 Å². The first-order chi connectivity index (χ1) is 6.25. The largest absolute Gasteiger partial charge is 0.368 e. The molecular weight excluding hydrogens is 182 g/mol. The molecule has 68 valence electrons. The molecule has 2 aromatic heterocycles. The van der Waals surface area contributed by atoms with Crippen LogP contribution in [0.1, 0.15) is 13.8 Å². The van der Waals surface area contributed by atoms with Gasteiger partial charge in [-0.3, -0.25) is 0 Å². The lowest BCUT2D eigenvalue weighted by atomic mass is 10.3. The van der Waals surface area contributed by atoms with E-state index in [1.54, 1.807) is 11.3 Å². The van der Waals surface area contributed by atoms with Crippen LogP contribution in [0.5, 0.6) is 0 Å². The topological polar surface area (TPSA) is 37.8 Å². The molecule has 0 bridgehead atoms. The van der Waals surface area contributed by atoms with Gasteiger partial charge in [-0.2, -0.15) is 0 Å². The lowest BCUT2D eigenvalue weighted by Crippen LogP contribution is -2.10. The van der Waals surface area contributed by atoms with Crippen LogP contribution in [0.4, 0.5) is 5.82 Å². The fourth-order valence-corrected chi connectivity index (χ4v) is 1.79. The van der Waals surface area contributed by atoms with Gasteiger partial charge in [-0.15, -0.1) is 11.3 Å². The number of thiazole rings is 1. The standard InChI is InChI=1S/C9H11N3S/c1-6(2)11-8-4-3-7-9(12-8)13-5-10-7/h3-6H,1-2H3,(H,11,12). The molecular formula is C9H11N3S. The van der Waals surface area contributed by atoms with E-state index in [-0.39, 0.29) is 0 Å². The number of nitrogens with one attached hydrogen (secondary N) is 1. The molecule has 2 heterocycles. The van der Waals surface area contributed by atoms with E-state index in [1.165, 1.54) is 0 Å². The molecule has 0 saturated heterocycles. The summed E-state index contributed by atoms with van der Waals surface area (Å²) >= 11 is 1.57. The van der Waals surface area contributed by atoms with Crippen molar-refractivity contribution in [2.24, 2.45) is 0 Å². The predicted molar refractivity (Wildman–Crippen MR) is 56.2 cm³/mol. The Labute approximate surface area is 80.8 Å². The zero-order chi connectivity index (χ0) is 9.26. The van der Waals surface area contributed by atoms with Gasteiger partial charge in [0.2, 0.25) is 0 Å². The zero-order valence-electron chi connectivity index (χ0n) is 7.61. The summed E-state index contributed by atoms with van der Waals surface area (Å²) in [5.74, 6) is 0.923. The van der Waals surface area contributed by atoms with Crippen molar-refractivity contribution >= 4 is 27.5 Å². The highest BCUT2D eigenvalue weighted by Crippen LogP contribution is 2.17. The minimum atomic E-state index is 0.415. The molecule has 4 heteroatoms. The van der Waals surface area contributed by atoms with Gasteiger partial charge in [-0.25, -0.2) is 9.97 Å². The van der Waals surface area contributed by atoms with E-state index in [0.29, 0.717) is 6.04 Å². The third-order valence-corrected chi connectivity index (χ3v) is 2.37. The van der Waals surface area contributed by atoms with E-state index in [9.17, 15) is 0 Å². The summed E-state index contributed by atoms with van der Waals surface area (Å²) in [6.45, 7) is 4.19. The number of aromatic nitrogens is 2. The van der Waals surface area contributed by atoms with Crippen molar-refractivity contribution in [1.29, 1.82) is 0 Å². The summed E-state index contributed by atoms with van der Waals surface area (Å²) in [5.41, 5.74) is 2.79. The molecule has 0 atom stereocenters. The predicted octanol–water partition coefficient (Wildman–Crippen LogP) is 2.51. The van der Waals surface area contributed by atoms with E-state index in [0.717, 1.165) is 16.2 Å². The number of hydrogen-bond donors (Lipinski definition) is 1. The smallest absolute Gasteiger partial charge is 0.145 e. The van der Waals surface area contributed by atoms with Crippen LogP contribution in [0, 0.1) is 0 Å². The van der Waals surface area contributed by atoms with Crippen LogP contribution in [0.15, 0.2) is 17.6 Å². The Hall–Kier alpha value is -1.16. The van der Waals surface area contributed by atoms with Gasteiger partial charge in [0.1, 0.15) is 16.2 Å². The van der Waals surface area contributed by atoms with Crippen molar-refractivity contribution in [1.82, 2.24) is 9.97 Å². The van der Waals surface area contributed by atoms with Crippen LogP contribution in [0.25, 0.3) is 10.3 Å². The molecule has 0 spiro atoms. The first kappa shape index (κ1) is 8.44. The summed E-state index contributed by atoms with van der Waals surface area (Å²) in [5, 5.41) is 3.25. The van der Waals surface area contributed by atoms with Crippen molar-refractivity contribution in [2.45, 2.75) is 19.9 Å². The highest BCUT2D eigenvalue weighted by Gasteiger charge is 2.00. The number of pyridine rings is 1. The van der Waals surface area contributed by atoms with Crippen LogP contribution < -0.4 is 5.32 Å². The number of hydrogen-bond acceptors (Lipinski definition) is 4. The highest BCUT2D eigenvalue weighted by molar-refractivity contribution is 7.16. The van der Waals surface area contributed by atoms with E-state index >= 15 is 0 Å². The molecule has 0 aromatic carbocycles. The van der Waals surface area contributed by atoms with Crippen molar-refractivity contribution < 1.29 is 0 Å². The number of fused-ring (bicyclic) bond motifs is 1. The molecule has 0 unspecified atom stereocenters. The maximum atomic E-state index is 4.42. The monoisotopic (exact) mass is 193 g/mol. The van der Waals surface area contributed by atoms with Crippen LogP contribution in [-0.4, -0.2) is 16.0 Å². The SMILES string of the molecule is CC(C)Nc1ccc2ncsc2n1. The van der Waals surface area contributed by atoms with Crippen molar-refractivity contribution in [3.05, 3.63) is 17.6 Å². The van der Waals surface area contributed by atoms with Gasteiger partial charge in [-0.05, 0) is 26.0 Å². The molecule has 0 saturated carbocycles. The number of anilines is 1. The first-order valence-corrected chi connectivity index (χ1v) is 5.10. The minimum absolute atomic E-state index is 0.415. The fraction of sp³-hybridized carbons (Fsp3) is 0.333. The molecule has 0 amide bonds. The maximum Gasteiger partial charge on any atom is 0.145 e. The highest BCUT2D eigenvalue weighted by atomic mass is 32.1. The molecule has 0 aliphatic rings. The van der Waals surface area contributed by atoms with Gasteiger partial charge in [-0.1, -0.05) is 0 Å². The molecule has 0 fully saturated rings. The summed E-state index contributed by atoms with van der Waals surface area (Å²) < 4.78 is 0. The quantitative estimate of drug-likeness (QED) is 0.796. The fourth-order valence-electron chi connectivity index (χ4n) is 1.13. The molecule has 13 heavy (non-hydrogen) atoms. The van der Waals surface area contributed by atoms with Gasteiger partial charge in [0.15, 0.2) is 0 Å². The number of rotatable bonds is 2. The van der Waals surface area contributed by atoms with E-state index in [4.69, 9.17) is 0 Å². The van der Waals surface area contributed by atoms with Gasteiger partial charge >= 0.3 is 0 Å². The molecule has 2 aromatic rings. The Balaban J connectivity index is 2.37. The van der Waals surface area contributed by atoms with Gasteiger partial charge < -0.3 is 5.32 Å². The summed E-state index contributed by atoms with van der Waals surface area (Å²) in [6.07, 6.45) is 0. The minimum Gasteiger partial charge on any atom is -0.368 e. The Morgan fingerprint density at radius 2 is 2.23 bits per heavy atom. The second-order valence-corrected chi connectivity index (χ2v) is 4.01. The van der Waals surface area contributed by atoms with E-state index in [2.05, 4.69) is 29.1 Å². The summed E-state index contributed by atoms with van der Waals surface area (Å²) in [7, 11) is 0. The first-order valence-electron chi connectivity index (χ1n) is 4.22. The van der Waals surface area contributed by atoms with E-state index in [1.807, 2.05) is 17.6 Å². The van der Waals surface area contributed by atoms with Gasteiger partial charge in [0.05, 0.1) is 5.51 Å². The second-order valence-electron chi connectivity index (χ2n) is 3.17. The van der Waals surface area contributed by atoms with Crippen molar-refractivity contribution in [2.75, 3.05) is 5.32 Å².